The van der Waals surface area contributed by atoms with E-state index >= 15 is 0 Å². The van der Waals surface area contributed by atoms with Crippen molar-refractivity contribution >= 4 is 5.97 Å². The van der Waals surface area contributed by atoms with Gasteiger partial charge in [0.15, 0.2) is 0 Å². The Morgan fingerprint density at radius 3 is 2.58 bits per heavy atom. The number of carboxylic acid groups (broad SMARTS) is 1. The van der Waals surface area contributed by atoms with E-state index in [1.807, 2.05) is 0 Å². The van der Waals surface area contributed by atoms with E-state index < -0.39 is 11.5 Å². The van der Waals surface area contributed by atoms with Gasteiger partial charge in [-0.3, -0.25) is 4.79 Å². The molecule has 0 saturated heterocycles. The van der Waals surface area contributed by atoms with Gasteiger partial charge in [0.1, 0.15) is 5.54 Å². The Labute approximate surface area is 117 Å². The van der Waals surface area contributed by atoms with Gasteiger partial charge >= 0.3 is 5.97 Å². The van der Waals surface area contributed by atoms with Crippen molar-refractivity contribution in [2.24, 2.45) is 5.92 Å². The molecule has 4 nitrogen and oxygen atoms in total. The van der Waals surface area contributed by atoms with Crippen molar-refractivity contribution in [2.45, 2.75) is 64.0 Å². The van der Waals surface area contributed by atoms with Gasteiger partial charge in [-0.2, -0.15) is 0 Å². The Morgan fingerprint density at radius 1 is 1.42 bits per heavy atom. The van der Waals surface area contributed by atoms with Gasteiger partial charge in [-0.1, -0.05) is 19.8 Å². The van der Waals surface area contributed by atoms with Crippen molar-refractivity contribution in [2.75, 3.05) is 20.6 Å². The predicted molar refractivity (Wildman–Crippen MR) is 78.4 cm³/mol. The Bertz CT molecular complexity index is 296. The molecule has 0 bridgehead atoms. The molecule has 1 rings (SSSR count). The van der Waals surface area contributed by atoms with Gasteiger partial charge in [0.05, 0.1) is 0 Å². The number of carboxylic acids is 1. The molecule has 0 amide bonds. The van der Waals surface area contributed by atoms with Crippen LogP contribution in [0.2, 0.25) is 0 Å². The van der Waals surface area contributed by atoms with Crippen LogP contribution < -0.4 is 5.32 Å². The summed E-state index contributed by atoms with van der Waals surface area (Å²) in [6.45, 7) is 5.09. The Balaban J connectivity index is 2.37. The number of likely N-dealkylation sites (N-methyl/N-ethyl adjacent to an activating group) is 1. The number of aliphatic carboxylic acids is 1. The summed E-state index contributed by atoms with van der Waals surface area (Å²) in [6, 6.07) is 0.680. The van der Waals surface area contributed by atoms with Gasteiger partial charge in [0.25, 0.3) is 0 Å². The molecular formula is C15H30N2O2. The molecule has 1 aliphatic rings. The molecule has 0 aliphatic heterocycles. The molecule has 0 aromatic heterocycles. The average molecular weight is 270 g/mol. The zero-order chi connectivity index (χ0) is 14.5. The fraction of sp³-hybridized carbons (Fsp3) is 0.933. The zero-order valence-corrected chi connectivity index (χ0v) is 12.9. The van der Waals surface area contributed by atoms with Crippen LogP contribution in [0.1, 0.15) is 52.4 Å². The number of hydrogen-bond donors (Lipinski definition) is 2. The van der Waals surface area contributed by atoms with E-state index in [-0.39, 0.29) is 0 Å². The van der Waals surface area contributed by atoms with Crippen LogP contribution in [0.3, 0.4) is 0 Å². The second-order valence-electron chi connectivity index (χ2n) is 6.30. The van der Waals surface area contributed by atoms with Gasteiger partial charge in [-0.15, -0.1) is 0 Å². The molecular weight excluding hydrogens is 240 g/mol. The van der Waals surface area contributed by atoms with Crippen LogP contribution in [0.15, 0.2) is 0 Å². The van der Waals surface area contributed by atoms with Crippen molar-refractivity contribution in [3.8, 4) is 0 Å². The van der Waals surface area contributed by atoms with Gasteiger partial charge in [0.2, 0.25) is 0 Å². The van der Waals surface area contributed by atoms with Crippen molar-refractivity contribution in [1.29, 1.82) is 0 Å². The first-order chi connectivity index (χ1) is 8.90. The highest BCUT2D eigenvalue weighted by molar-refractivity contribution is 5.78. The van der Waals surface area contributed by atoms with E-state index in [0.29, 0.717) is 12.5 Å². The fourth-order valence-electron chi connectivity index (χ4n) is 3.14. The monoisotopic (exact) mass is 270 g/mol. The third kappa shape index (κ3) is 4.46. The third-order valence-corrected chi connectivity index (χ3v) is 4.84. The van der Waals surface area contributed by atoms with E-state index in [4.69, 9.17) is 0 Å². The maximum absolute atomic E-state index is 11.2. The fourth-order valence-corrected chi connectivity index (χ4v) is 3.14. The highest BCUT2D eigenvalue weighted by Gasteiger charge is 2.31. The van der Waals surface area contributed by atoms with E-state index in [1.54, 1.807) is 14.0 Å². The molecule has 0 aromatic rings. The SMILES string of the molecule is CNC(C)(CCCN(C)C1CCCCC1C)C(=O)O. The number of carbonyl (C=O) groups is 1. The molecule has 2 N–H and O–H groups in total. The minimum Gasteiger partial charge on any atom is -0.480 e. The van der Waals surface area contributed by atoms with Gasteiger partial charge in [0, 0.05) is 6.04 Å². The normalized spacial score (nSPS) is 27.2. The van der Waals surface area contributed by atoms with Crippen LogP contribution in [0.5, 0.6) is 0 Å². The van der Waals surface area contributed by atoms with Crippen LogP contribution in [0.4, 0.5) is 0 Å². The predicted octanol–water partition coefficient (Wildman–Crippen LogP) is 2.34. The quantitative estimate of drug-likeness (QED) is 0.745. The van der Waals surface area contributed by atoms with E-state index in [0.717, 1.165) is 18.9 Å². The summed E-state index contributed by atoms with van der Waals surface area (Å²) in [5.74, 6) is 0.0117. The molecule has 1 saturated carbocycles. The minimum absolute atomic E-state index is 0.671. The second-order valence-corrected chi connectivity index (χ2v) is 6.30. The van der Waals surface area contributed by atoms with Crippen molar-refractivity contribution in [1.82, 2.24) is 10.2 Å². The standard InChI is InChI=1S/C15H30N2O2/c1-12-8-5-6-9-13(12)17(4)11-7-10-15(2,16-3)14(18)19/h12-13,16H,5-11H2,1-4H3,(H,18,19). The number of nitrogens with one attached hydrogen (secondary N) is 1. The lowest BCUT2D eigenvalue weighted by Crippen LogP contribution is -2.48. The molecule has 0 spiro atoms. The first-order valence-corrected chi connectivity index (χ1v) is 7.53. The third-order valence-electron chi connectivity index (χ3n) is 4.84. The first-order valence-electron chi connectivity index (χ1n) is 7.53. The number of rotatable bonds is 7. The van der Waals surface area contributed by atoms with Crippen LogP contribution in [-0.2, 0) is 4.79 Å². The molecule has 0 aromatic carbocycles. The first kappa shape index (κ1) is 16.4. The summed E-state index contributed by atoms with van der Waals surface area (Å²) in [5, 5.41) is 12.1. The molecule has 3 unspecified atom stereocenters. The van der Waals surface area contributed by atoms with Crippen LogP contribution >= 0.6 is 0 Å². The van der Waals surface area contributed by atoms with Crippen molar-refractivity contribution < 1.29 is 9.90 Å². The van der Waals surface area contributed by atoms with E-state index in [9.17, 15) is 9.90 Å². The van der Waals surface area contributed by atoms with Crippen LogP contribution in [-0.4, -0.2) is 48.2 Å². The summed E-state index contributed by atoms with van der Waals surface area (Å²) < 4.78 is 0. The smallest absolute Gasteiger partial charge is 0.323 e. The number of nitrogens with zero attached hydrogens (tertiary/aromatic N) is 1. The highest BCUT2D eigenvalue weighted by atomic mass is 16.4. The van der Waals surface area contributed by atoms with E-state index in [2.05, 4.69) is 24.2 Å². The minimum atomic E-state index is -0.793. The molecule has 0 heterocycles. The van der Waals surface area contributed by atoms with Crippen LogP contribution in [0.25, 0.3) is 0 Å². The molecule has 1 aliphatic carbocycles. The molecule has 112 valence electrons. The number of hydrogen-bond acceptors (Lipinski definition) is 3. The summed E-state index contributed by atoms with van der Waals surface area (Å²) in [4.78, 5) is 13.6. The molecule has 19 heavy (non-hydrogen) atoms. The molecule has 4 heteroatoms. The summed E-state index contributed by atoms with van der Waals surface area (Å²) in [7, 11) is 3.91. The van der Waals surface area contributed by atoms with Crippen molar-refractivity contribution in [3.05, 3.63) is 0 Å². The van der Waals surface area contributed by atoms with Gasteiger partial charge in [-0.05, 0) is 59.2 Å². The van der Waals surface area contributed by atoms with Gasteiger partial charge in [-0.25, -0.2) is 0 Å². The average Bonchev–Trinajstić information content (AvgIpc) is 2.38. The summed E-state index contributed by atoms with van der Waals surface area (Å²) >= 11 is 0. The summed E-state index contributed by atoms with van der Waals surface area (Å²) in [5.41, 5.74) is -0.793. The molecule has 1 fully saturated rings. The van der Waals surface area contributed by atoms with Gasteiger partial charge < -0.3 is 15.3 Å². The zero-order valence-electron chi connectivity index (χ0n) is 12.9. The lowest BCUT2D eigenvalue weighted by molar-refractivity contribution is -0.144. The Hall–Kier alpha value is -0.610. The van der Waals surface area contributed by atoms with E-state index in [1.165, 1.54) is 25.7 Å². The lowest BCUT2D eigenvalue weighted by atomic mass is 9.85. The topological polar surface area (TPSA) is 52.6 Å². The van der Waals surface area contributed by atoms with Crippen LogP contribution in [0, 0.1) is 5.92 Å². The second kappa shape index (κ2) is 7.25. The maximum atomic E-state index is 11.2. The highest BCUT2D eigenvalue weighted by Crippen LogP contribution is 2.27. The molecule has 0 radical (unpaired) electrons. The molecule has 3 atom stereocenters. The Kier molecular flexibility index (Phi) is 6.27. The largest absolute Gasteiger partial charge is 0.480 e. The maximum Gasteiger partial charge on any atom is 0.323 e. The Morgan fingerprint density at radius 2 is 2.05 bits per heavy atom. The lowest BCUT2D eigenvalue weighted by Gasteiger charge is -2.36. The summed E-state index contributed by atoms with van der Waals surface area (Å²) in [6.07, 6.45) is 6.91. The van der Waals surface area contributed by atoms with Crippen molar-refractivity contribution in [3.63, 3.8) is 0 Å².